The molecular weight excluding hydrogens is 144 g/mol. The number of carboxylic acids is 1. The minimum Gasteiger partial charge on any atom is -0.478 e. The van der Waals surface area contributed by atoms with Gasteiger partial charge in [-0.1, -0.05) is 25.7 Å². The van der Waals surface area contributed by atoms with Crippen molar-refractivity contribution in [3.05, 3.63) is 12.2 Å². The summed E-state index contributed by atoms with van der Waals surface area (Å²) in [5, 5.41) is 7.83. The maximum Gasteiger partial charge on any atom is 0.327 e. The molecule has 1 N–H and O–H groups in total. The molecular formula is C7H16O2Si. The second kappa shape index (κ2) is 8.43. The van der Waals surface area contributed by atoms with E-state index in [2.05, 4.69) is 19.6 Å². The van der Waals surface area contributed by atoms with Crippen molar-refractivity contribution >= 4 is 14.8 Å². The van der Waals surface area contributed by atoms with E-state index in [-0.39, 0.29) is 8.80 Å². The van der Waals surface area contributed by atoms with Crippen LogP contribution in [0.4, 0.5) is 0 Å². The molecule has 0 saturated heterocycles. The molecule has 0 radical (unpaired) electrons. The molecule has 0 aromatic rings. The predicted octanol–water partition coefficient (Wildman–Crippen LogP) is 1.75. The molecule has 0 aliphatic heterocycles. The molecule has 0 atom stereocenters. The number of rotatable bonds is 1. The Bertz CT molecular complexity index is 105. The fraction of sp³-hybridized carbons (Fsp3) is 0.571. The molecule has 2 nitrogen and oxygen atoms in total. The number of carbonyl (C=O) groups is 1. The van der Waals surface area contributed by atoms with E-state index in [1.807, 2.05) is 0 Å². The molecule has 0 aliphatic carbocycles. The van der Waals surface area contributed by atoms with Crippen molar-refractivity contribution in [3.8, 4) is 0 Å². The Morgan fingerprint density at radius 3 is 1.70 bits per heavy atom. The highest BCUT2D eigenvalue weighted by Gasteiger charge is 1.76. The van der Waals surface area contributed by atoms with Crippen molar-refractivity contribution in [1.29, 1.82) is 0 Å². The number of allylic oxidation sites excluding steroid dienone is 1. The lowest BCUT2D eigenvalue weighted by Crippen LogP contribution is -1.84. The van der Waals surface area contributed by atoms with Gasteiger partial charge in [0.05, 0.1) is 0 Å². The summed E-state index contributed by atoms with van der Waals surface area (Å²) in [6, 6.07) is 0. The van der Waals surface area contributed by atoms with Crippen LogP contribution in [0.25, 0.3) is 0 Å². The van der Waals surface area contributed by atoms with E-state index < -0.39 is 5.97 Å². The number of carboxylic acid groups (broad SMARTS) is 1. The zero-order valence-electron chi connectivity index (χ0n) is 7.09. The van der Waals surface area contributed by atoms with E-state index in [0.717, 1.165) is 6.08 Å². The van der Waals surface area contributed by atoms with E-state index >= 15 is 0 Å². The van der Waals surface area contributed by atoms with Gasteiger partial charge >= 0.3 is 5.97 Å². The van der Waals surface area contributed by atoms with Crippen LogP contribution in [0.2, 0.25) is 19.6 Å². The summed E-state index contributed by atoms with van der Waals surface area (Å²) in [7, 11) is -0.139. The smallest absolute Gasteiger partial charge is 0.327 e. The van der Waals surface area contributed by atoms with Gasteiger partial charge in [-0.3, -0.25) is 0 Å². The highest BCUT2D eigenvalue weighted by molar-refractivity contribution is 6.54. The highest BCUT2D eigenvalue weighted by atomic mass is 28.3. The third-order valence-corrected chi connectivity index (χ3v) is 0.309. The molecule has 0 fully saturated rings. The Balaban J connectivity index is 0. The summed E-state index contributed by atoms with van der Waals surface area (Å²) in [6.07, 6.45) is 2.56. The van der Waals surface area contributed by atoms with Crippen LogP contribution in [0.15, 0.2) is 12.2 Å². The third kappa shape index (κ3) is 52.1. The monoisotopic (exact) mass is 160 g/mol. The highest BCUT2D eigenvalue weighted by Crippen LogP contribution is 1.68. The molecule has 0 aromatic heterocycles. The van der Waals surface area contributed by atoms with E-state index in [1.165, 1.54) is 6.08 Å². The molecule has 60 valence electrons. The van der Waals surface area contributed by atoms with Crippen LogP contribution in [-0.2, 0) is 4.79 Å². The van der Waals surface area contributed by atoms with E-state index in [4.69, 9.17) is 5.11 Å². The van der Waals surface area contributed by atoms with Gasteiger partial charge in [0.15, 0.2) is 0 Å². The maximum atomic E-state index is 9.51. The lowest BCUT2D eigenvalue weighted by molar-refractivity contribution is -0.131. The van der Waals surface area contributed by atoms with Gasteiger partial charge < -0.3 is 5.11 Å². The molecule has 0 rings (SSSR count). The van der Waals surface area contributed by atoms with Crippen LogP contribution >= 0.6 is 0 Å². The number of hydrogen-bond donors (Lipinski definition) is 1. The lowest BCUT2D eigenvalue weighted by Gasteiger charge is -1.75. The Labute approximate surface area is 64.2 Å². The molecule has 10 heavy (non-hydrogen) atoms. The first-order valence-electron chi connectivity index (χ1n) is 3.36. The standard InChI is InChI=1S/C4H6O2.C3H10Si/c1-2-3-4(5)6;1-4(2)3/h2-3H,1H3,(H,5,6);4H,1-3H3/b3-2+;. The fourth-order valence-electron chi connectivity index (χ4n) is 0.143. The van der Waals surface area contributed by atoms with E-state index in [9.17, 15) is 4.79 Å². The molecule has 3 heteroatoms. The van der Waals surface area contributed by atoms with Crippen molar-refractivity contribution in [2.24, 2.45) is 0 Å². The van der Waals surface area contributed by atoms with E-state index in [1.54, 1.807) is 6.92 Å². The quantitative estimate of drug-likeness (QED) is 0.469. The SMILES string of the molecule is C/C=C/C(=O)O.C[SiH](C)C. The molecule has 0 aromatic carbocycles. The van der Waals surface area contributed by atoms with Gasteiger partial charge in [0, 0.05) is 14.9 Å². The zero-order chi connectivity index (χ0) is 8.57. The Morgan fingerprint density at radius 1 is 1.40 bits per heavy atom. The minimum absolute atomic E-state index is 0.139. The minimum atomic E-state index is -0.891. The van der Waals surface area contributed by atoms with Crippen LogP contribution in [0.5, 0.6) is 0 Å². The van der Waals surface area contributed by atoms with Gasteiger partial charge in [-0.2, -0.15) is 0 Å². The first-order valence-corrected chi connectivity index (χ1v) is 6.82. The first kappa shape index (κ1) is 12.1. The molecule has 0 amide bonds. The van der Waals surface area contributed by atoms with E-state index in [0.29, 0.717) is 0 Å². The second-order valence-corrected chi connectivity index (χ2v) is 6.03. The zero-order valence-corrected chi connectivity index (χ0v) is 8.24. The first-order chi connectivity index (χ1) is 4.50. The van der Waals surface area contributed by atoms with Crippen molar-refractivity contribution in [2.75, 3.05) is 0 Å². The lowest BCUT2D eigenvalue weighted by atomic mass is 10.5. The Kier molecular flexibility index (Phi) is 10.2. The van der Waals surface area contributed by atoms with Gasteiger partial charge in [-0.25, -0.2) is 4.79 Å². The Morgan fingerprint density at radius 2 is 1.70 bits per heavy atom. The summed E-state index contributed by atoms with van der Waals surface area (Å²) in [4.78, 5) is 9.51. The largest absolute Gasteiger partial charge is 0.478 e. The molecule has 0 aliphatic rings. The van der Waals surface area contributed by atoms with Gasteiger partial charge in [-0.05, 0) is 6.92 Å². The molecule has 0 saturated carbocycles. The molecule has 0 heterocycles. The summed E-state index contributed by atoms with van der Waals surface area (Å²) in [6.45, 7) is 8.58. The van der Waals surface area contributed by atoms with Gasteiger partial charge in [0.2, 0.25) is 0 Å². The molecule has 0 bridgehead atoms. The van der Waals surface area contributed by atoms with Crippen LogP contribution in [-0.4, -0.2) is 19.9 Å². The van der Waals surface area contributed by atoms with Crippen LogP contribution < -0.4 is 0 Å². The summed E-state index contributed by atoms with van der Waals surface area (Å²) < 4.78 is 0. The molecule has 0 spiro atoms. The average Bonchev–Trinajstić information content (AvgIpc) is 1.62. The maximum absolute atomic E-state index is 9.51. The fourth-order valence-corrected chi connectivity index (χ4v) is 0.143. The van der Waals surface area contributed by atoms with Crippen LogP contribution in [0.1, 0.15) is 6.92 Å². The summed E-state index contributed by atoms with van der Waals surface area (Å²) in [5.41, 5.74) is 0. The predicted molar refractivity (Wildman–Crippen MR) is 47.2 cm³/mol. The normalized spacial score (nSPS) is 9.30. The van der Waals surface area contributed by atoms with Gasteiger partial charge in [0.25, 0.3) is 0 Å². The van der Waals surface area contributed by atoms with Crippen molar-refractivity contribution in [3.63, 3.8) is 0 Å². The Hall–Kier alpha value is -0.573. The van der Waals surface area contributed by atoms with Crippen LogP contribution in [0, 0.1) is 0 Å². The van der Waals surface area contributed by atoms with Crippen molar-refractivity contribution in [2.45, 2.75) is 26.6 Å². The number of aliphatic carboxylic acids is 1. The number of hydrogen-bond acceptors (Lipinski definition) is 1. The van der Waals surface area contributed by atoms with Crippen molar-refractivity contribution in [1.82, 2.24) is 0 Å². The topological polar surface area (TPSA) is 37.3 Å². The summed E-state index contributed by atoms with van der Waals surface area (Å²) in [5.74, 6) is -0.891. The average molecular weight is 160 g/mol. The van der Waals surface area contributed by atoms with Crippen molar-refractivity contribution < 1.29 is 9.90 Å². The van der Waals surface area contributed by atoms with Gasteiger partial charge in [-0.15, -0.1) is 0 Å². The summed E-state index contributed by atoms with van der Waals surface area (Å²) >= 11 is 0. The second-order valence-electron chi connectivity index (χ2n) is 2.57. The van der Waals surface area contributed by atoms with Gasteiger partial charge in [0.1, 0.15) is 0 Å². The molecule has 0 unspecified atom stereocenters. The van der Waals surface area contributed by atoms with Crippen LogP contribution in [0.3, 0.4) is 0 Å². The third-order valence-electron chi connectivity index (χ3n) is 0.309.